The Morgan fingerprint density at radius 2 is 2.04 bits per heavy atom. The zero-order valence-corrected chi connectivity index (χ0v) is 16.3. The lowest BCUT2D eigenvalue weighted by Crippen LogP contribution is -2.33. The van der Waals surface area contributed by atoms with Gasteiger partial charge in [-0.2, -0.15) is 4.98 Å². The smallest absolute Gasteiger partial charge is 0.257 e. The Hall–Kier alpha value is -1.77. The average Bonchev–Trinajstić information content (AvgIpc) is 3.26. The summed E-state index contributed by atoms with van der Waals surface area (Å²) >= 11 is 0. The molecule has 1 saturated carbocycles. The summed E-state index contributed by atoms with van der Waals surface area (Å²) in [6, 6.07) is 5.46. The fraction of sp³-hybridized carbons (Fsp3) is 0.556. The molecular formula is C18H26N4O3S. The monoisotopic (exact) mass is 378 g/mol. The summed E-state index contributed by atoms with van der Waals surface area (Å²) in [5, 5.41) is 7.11. The van der Waals surface area contributed by atoms with Gasteiger partial charge in [-0.1, -0.05) is 24.1 Å². The van der Waals surface area contributed by atoms with Gasteiger partial charge in [-0.3, -0.25) is 0 Å². The topological polar surface area (TPSA) is 97.1 Å². The van der Waals surface area contributed by atoms with Gasteiger partial charge >= 0.3 is 0 Å². The molecule has 0 spiro atoms. The van der Waals surface area contributed by atoms with Crippen LogP contribution in [0.25, 0.3) is 11.5 Å². The van der Waals surface area contributed by atoms with Crippen LogP contribution in [0.15, 0.2) is 27.6 Å². The summed E-state index contributed by atoms with van der Waals surface area (Å²) in [4.78, 5) is 4.66. The third-order valence-corrected chi connectivity index (χ3v) is 6.51. The second kappa shape index (κ2) is 7.85. The Kier molecular flexibility index (Phi) is 5.74. The number of hydrogen-bond donors (Lipinski definition) is 2. The Bertz CT molecular complexity index is 857. The maximum atomic E-state index is 12.8. The normalized spacial score (nSPS) is 16.9. The Morgan fingerprint density at radius 1 is 1.31 bits per heavy atom. The molecule has 0 aliphatic heterocycles. The van der Waals surface area contributed by atoms with E-state index in [2.05, 4.69) is 20.2 Å². The first-order valence-electron chi connectivity index (χ1n) is 9.02. The van der Waals surface area contributed by atoms with Crippen LogP contribution >= 0.6 is 0 Å². The maximum Gasteiger partial charge on any atom is 0.257 e. The van der Waals surface area contributed by atoms with Crippen molar-refractivity contribution in [2.45, 2.75) is 62.9 Å². The van der Waals surface area contributed by atoms with Gasteiger partial charge in [0, 0.05) is 24.1 Å². The minimum atomic E-state index is -3.57. The predicted octanol–water partition coefficient (Wildman–Crippen LogP) is 2.42. The van der Waals surface area contributed by atoms with Gasteiger partial charge in [-0.25, -0.2) is 13.1 Å². The fourth-order valence-electron chi connectivity index (χ4n) is 3.18. The molecule has 7 nitrogen and oxygen atoms in total. The number of benzene rings is 1. The van der Waals surface area contributed by atoms with E-state index in [1.54, 1.807) is 19.1 Å². The Morgan fingerprint density at radius 3 is 2.73 bits per heavy atom. The van der Waals surface area contributed by atoms with Crippen LogP contribution in [0.2, 0.25) is 0 Å². The van der Waals surface area contributed by atoms with Crippen molar-refractivity contribution in [2.24, 2.45) is 0 Å². The molecule has 0 radical (unpaired) electrons. The summed E-state index contributed by atoms with van der Waals surface area (Å²) in [6.45, 7) is 3.82. The molecule has 1 aromatic heterocycles. The third-order valence-electron chi connectivity index (χ3n) is 4.85. The van der Waals surface area contributed by atoms with E-state index < -0.39 is 10.0 Å². The molecule has 1 aliphatic carbocycles. The summed E-state index contributed by atoms with van der Waals surface area (Å²) in [5.74, 6) is 0.927. The molecule has 1 aliphatic rings. The minimum absolute atomic E-state index is 0.0288. The largest absolute Gasteiger partial charge is 0.334 e. The first-order chi connectivity index (χ1) is 12.4. The second-order valence-corrected chi connectivity index (χ2v) is 8.67. The van der Waals surface area contributed by atoms with E-state index in [4.69, 9.17) is 4.52 Å². The SMILES string of the molecule is CNC(C)Cc1noc(-c2ccc(C)c(S(=O)(=O)NC3CCCC3)c2)n1. The molecule has 142 valence electrons. The maximum absolute atomic E-state index is 12.8. The van der Waals surface area contributed by atoms with Crippen molar-refractivity contribution >= 4 is 10.0 Å². The highest BCUT2D eigenvalue weighted by atomic mass is 32.2. The average molecular weight is 378 g/mol. The van der Waals surface area contributed by atoms with Crippen molar-refractivity contribution in [1.29, 1.82) is 0 Å². The standard InChI is InChI=1S/C18H26N4O3S/c1-12-8-9-14(18-20-17(21-25-18)10-13(2)19-3)11-16(12)26(23,24)22-15-6-4-5-7-15/h8-9,11,13,15,19,22H,4-7,10H2,1-3H3. The number of aryl methyl sites for hydroxylation is 1. The number of sulfonamides is 1. The van der Waals surface area contributed by atoms with Gasteiger partial charge in [-0.05, 0) is 51.4 Å². The number of nitrogens with one attached hydrogen (secondary N) is 2. The van der Waals surface area contributed by atoms with Gasteiger partial charge in [0.05, 0.1) is 4.90 Å². The summed E-state index contributed by atoms with van der Waals surface area (Å²) in [7, 11) is -1.70. The van der Waals surface area contributed by atoms with E-state index >= 15 is 0 Å². The zero-order chi connectivity index (χ0) is 18.7. The van der Waals surface area contributed by atoms with Crippen LogP contribution in [0.5, 0.6) is 0 Å². The van der Waals surface area contributed by atoms with Crippen molar-refractivity contribution in [2.75, 3.05) is 7.05 Å². The molecule has 2 N–H and O–H groups in total. The quantitative estimate of drug-likeness (QED) is 0.768. The highest BCUT2D eigenvalue weighted by Gasteiger charge is 2.25. The molecule has 1 atom stereocenters. The molecule has 1 aromatic carbocycles. The van der Waals surface area contributed by atoms with E-state index in [1.165, 1.54) is 0 Å². The van der Waals surface area contributed by atoms with E-state index in [-0.39, 0.29) is 17.0 Å². The molecule has 3 rings (SSSR count). The van der Waals surface area contributed by atoms with Crippen molar-refractivity contribution < 1.29 is 12.9 Å². The van der Waals surface area contributed by atoms with Gasteiger partial charge in [0.1, 0.15) is 0 Å². The molecular weight excluding hydrogens is 352 g/mol. The third kappa shape index (κ3) is 4.31. The second-order valence-electron chi connectivity index (χ2n) is 6.99. The number of hydrogen-bond acceptors (Lipinski definition) is 6. The van der Waals surface area contributed by atoms with E-state index in [9.17, 15) is 8.42 Å². The van der Waals surface area contributed by atoms with E-state index in [0.29, 0.717) is 29.3 Å². The number of aromatic nitrogens is 2. The lowest BCUT2D eigenvalue weighted by atomic mass is 10.1. The predicted molar refractivity (Wildman–Crippen MR) is 99.3 cm³/mol. The lowest BCUT2D eigenvalue weighted by molar-refractivity contribution is 0.418. The van der Waals surface area contributed by atoms with Crippen LogP contribution < -0.4 is 10.0 Å². The van der Waals surface area contributed by atoms with Crippen molar-refractivity contribution in [3.05, 3.63) is 29.6 Å². The van der Waals surface area contributed by atoms with Crippen LogP contribution in [0.3, 0.4) is 0 Å². The summed E-state index contributed by atoms with van der Waals surface area (Å²) < 4.78 is 33.8. The summed E-state index contributed by atoms with van der Waals surface area (Å²) in [5.41, 5.74) is 1.31. The van der Waals surface area contributed by atoms with Gasteiger partial charge in [-0.15, -0.1) is 0 Å². The molecule has 0 saturated heterocycles. The van der Waals surface area contributed by atoms with Crippen LogP contribution in [0.1, 0.15) is 44.0 Å². The molecule has 1 unspecified atom stereocenters. The van der Waals surface area contributed by atoms with Crippen molar-refractivity contribution in [3.63, 3.8) is 0 Å². The first kappa shape index (κ1) is 19.0. The number of nitrogens with zero attached hydrogens (tertiary/aromatic N) is 2. The number of rotatable bonds is 7. The molecule has 2 aromatic rings. The molecule has 0 bridgehead atoms. The molecule has 0 amide bonds. The molecule has 26 heavy (non-hydrogen) atoms. The van der Waals surface area contributed by atoms with Crippen molar-refractivity contribution in [3.8, 4) is 11.5 Å². The highest BCUT2D eigenvalue weighted by Crippen LogP contribution is 2.26. The Labute approximate surface area is 154 Å². The number of likely N-dealkylation sites (N-methyl/N-ethyl adjacent to an activating group) is 1. The first-order valence-corrected chi connectivity index (χ1v) is 10.5. The fourth-order valence-corrected chi connectivity index (χ4v) is 4.75. The highest BCUT2D eigenvalue weighted by molar-refractivity contribution is 7.89. The zero-order valence-electron chi connectivity index (χ0n) is 15.4. The molecule has 1 heterocycles. The van der Waals surface area contributed by atoms with Gasteiger partial charge in [0.2, 0.25) is 10.0 Å². The molecule has 8 heteroatoms. The van der Waals surface area contributed by atoms with Crippen molar-refractivity contribution in [1.82, 2.24) is 20.2 Å². The minimum Gasteiger partial charge on any atom is -0.334 e. The van der Waals surface area contributed by atoms with Crippen LogP contribution in [0, 0.1) is 6.92 Å². The van der Waals surface area contributed by atoms with Crippen LogP contribution in [-0.2, 0) is 16.4 Å². The van der Waals surface area contributed by atoms with Gasteiger partial charge in [0.15, 0.2) is 5.82 Å². The lowest BCUT2D eigenvalue weighted by Gasteiger charge is -2.14. The molecule has 1 fully saturated rings. The van der Waals surface area contributed by atoms with Gasteiger partial charge in [0.25, 0.3) is 5.89 Å². The Balaban J connectivity index is 1.85. The van der Waals surface area contributed by atoms with Crippen LogP contribution in [0.4, 0.5) is 0 Å². The van der Waals surface area contributed by atoms with Gasteiger partial charge < -0.3 is 9.84 Å². The van der Waals surface area contributed by atoms with Crippen LogP contribution in [-0.4, -0.2) is 37.7 Å². The summed E-state index contributed by atoms with van der Waals surface area (Å²) in [6.07, 6.45) is 4.58. The van der Waals surface area contributed by atoms with E-state index in [1.807, 2.05) is 20.0 Å². The van der Waals surface area contributed by atoms with E-state index in [0.717, 1.165) is 25.7 Å².